The Balaban J connectivity index is 2.46. The topological polar surface area (TPSA) is 17.8 Å². The first kappa shape index (κ1) is 9.23. The Morgan fingerprint density at radius 3 is 2.75 bits per heavy atom. The number of halogens is 1. The van der Waals surface area contributed by atoms with Crippen molar-refractivity contribution in [2.24, 2.45) is 0 Å². The van der Waals surface area contributed by atoms with Crippen molar-refractivity contribution < 1.29 is 4.39 Å². The Kier molecular flexibility index (Phi) is 3.26. The Labute approximate surface area is 72.4 Å². The molecule has 0 aromatic carbocycles. The van der Waals surface area contributed by atoms with Crippen molar-refractivity contribution in [1.29, 1.82) is 0 Å². The van der Waals surface area contributed by atoms with Gasteiger partial charge in [0.05, 0.1) is 12.0 Å². The van der Waals surface area contributed by atoms with E-state index in [0.29, 0.717) is 5.69 Å². The molecule has 0 unspecified atom stereocenters. The number of nitrogens with zero attached hydrogens (tertiary/aromatic N) is 2. The smallest absolute Gasteiger partial charge is 0.216 e. The summed E-state index contributed by atoms with van der Waals surface area (Å²) in [5, 5.41) is 0. The summed E-state index contributed by atoms with van der Waals surface area (Å²) in [5.74, 6) is -0.189. The van der Waals surface area contributed by atoms with Gasteiger partial charge in [-0.15, -0.1) is 0 Å². The van der Waals surface area contributed by atoms with Crippen LogP contribution in [0.25, 0.3) is 0 Å². The first-order valence-electron chi connectivity index (χ1n) is 4.43. The molecule has 3 heteroatoms. The molecule has 0 aliphatic rings. The highest BCUT2D eigenvalue weighted by atomic mass is 19.1. The van der Waals surface area contributed by atoms with Gasteiger partial charge in [0.15, 0.2) is 0 Å². The number of rotatable bonds is 4. The maximum absolute atomic E-state index is 13.1. The van der Waals surface area contributed by atoms with Gasteiger partial charge >= 0.3 is 0 Å². The van der Waals surface area contributed by atoms with Crippen molar-refractivity contribution in [1.82, 2.24) is 9.55 Å². The summed E-state index contributed by atoms with van der Waals surface area (Å²) in [6.45, 7) is 4.57. The zero-order valence-corrected chi connectivity index (χ0v) is 7.68. The summed E-state index contributed by atoms with van der Waals surface area (Å²) in [6, 6.07) is 0. The van der Waals surface area contributed by atoms with Gasteiger partial charge in [-0.3, -0.25) is 0 Å². The van der Waals surface area contributed by atoms with Crippen LogP contribution in [0.1, 0.15) is 31.9 Å². The van der Waals surface area contributed by atoms with Gasteiger partial charge in [0.25, 0.3) is 0 Å². The molecule has 0 fully saturated rings. The summed E-state index contributed by atoms with van der Waals surface area (Å²) in [5.41, 5.74) is 0.492. The molecule has 0 amide bonds. The van der Waals surface area contributed by atoms with E-state index >= 15 is 0 Å². The average Bonchev–Trinajstić information content (AvgIpc) is 2.36. The molecule has 1 aromatic rings. The van der Waals surface area contributed by atoms with Gasteiger partial charge in [-0.1, -0.05) is 19.8 Å². The second-order valence-electron chi connectivity index (χ2n) is 3.02. The van der Waals surface area contributed by atoms with Crippen molar-refractivity contribution in [2.45, 2.75) is 39.7 Å². The highest BCUT2D eigenvalue weighted by Crippen LogP contribution is 2.05. The lowest BCUT2D eigenvalue weighted by Crippen LogP contribution is -1.99. The Morgan fingerprint density at radius 2 is 2.25 bits per heavy atom. The highest BCUT2D eigenvalue weighted by molar-refractivity contribution is 4.96. The molecule has 2 nitrogen and oxygen atoms in total. The summed E-state index contributed by atoms with van der Waals surface area (Å²) >= 11 is 0. The lowest BCUT2D eigenvalue weighted by molar-refractivity contribution is 0.472. The normalized spacial score (nSPS) is 10.6. The van der Waals surface area contributed by atoms with Crippen LogP contribution in [0.2, 0.25) is 0 Å². The third-order valence-electron chi connectivity index (χ3n) is 1.94. The van der Waals surface area contributed by atoms with Crippen LogP contribution >= 0.6 is 0 Å². The fraction of sp³-hybridized carbons (Fsp3) is 0.667. The lowest BCUT2D eigenvalue weighted by Gasteiger charge is -2.00. The average molecular weight is 170 g/mol. The minimum absolute atomic E-state index is 0.189. The summed E-state index contributed by atoms with van der Waals surface area (Å²) in [4.78, 5) is 3.88. The monoisotopic (exact) mass is 170 g/mol. The summed E-state index contributed by atoms with van der Waals surface area (Å²) < 4.78 is 14.7. The SMILES string of the molecule is CCCCCn1cnc(C)c1F. The maximum atomic E-state index is 13.1. The van der Waals surface area contributed by atoms with Gasteiger partial charge in [0.1, 0.15) is 0 Å². The number of aromatic nitrogens is 2. The fourth-order valence-electron chi connectivity index (χ4n) is 1.16. The molecule has 68 valence electrons. The number of unbranched alkanes of at least 4 members (excludes halogenated alkanes) is 2. The molecule has 0 aliphatic carbocycles. The van der Waals surface area contributed by atoms with Crippen molar-refractivity contribution in [3.05, 3.63) is 18.0 Å². The quantitative estimate of drug-likeness (QED) is 0.635. The van der Waals surface area contributed by atoms with Gasteiger partial charge in [0.2, 0.25) is 5.95 Å². The zero-order valence-electron chi connectivity index (χ0n) is 7.68. The molecule has 0 saturated heterocycles. The predicted molar refractivity (Wildman–Crippen MR) is 46.4 cm³/mol. The van der Waals surface area contributed by atoms with Gasteiger partial charge in [-0.05, 0) is 13.3 Å². The maximum Gasteiger partial charge on any atom is 0.216 e. The Bertz CT molecular complexity index is 243. The van der Waals surface area contributed by atoms with E-state index < -0.39 is 0 Å². The number of imidazole rings is 1. The molecule has 0 aliphatic heterocycles. The molecule has 0 radical (unpaired) electrons. The van der Waals surface area contributed by atoms with E-state index in [0.717, 1.165) is 25.8 Å². The molecule has 0 N–H and O–H groups in total. The first-order chi connectivity index (χ1) is 5.75. The van der Waals surface area contributed by atoms with E-state index in [1.165, 1.54) is 0 Å². The largest absolute Gasteiger partial charge is 0.307 e. The minimum Gasteiger partial charge on any atom is -0.307 e. The minimum atomic E-state index is -0.189. The number of hydrogen-bond donors (Lipinski definition) is 0. The summed E-state index contributed by atoms with van der Waals surface area (Å²) in [6.07, 6.45) is 4.91. The predicted octanol–water partition coefficient (Wildman–Crippen LogP) is 2.52. The van der Waals surface area contributed by atoms with E-state index in [4.69, 9.17) is 0 Å². The molecule has 0 bridgehead atoms. The van der Waals surface area contributed by atoms with Crippen LogP contribution in [0, 0.1) is 12.9 Å². The molecule has 0 atom stereocenters. The van der Waals surface area contributed by atoms with E-state index in [1.54, 1.807) is 17.8 Å². The molecule has 0 spiro atoms. The van der Waals surface area contributed by atoms with Crippen LogP contribution in [0.3, 0.4) is 0 Å². The van der Waals surface area contributed by atoms with Crippen LogP contribution in [-0.2, 0) is 6.54 Å². The van der Waals surface area contributed by atoms with Gasteiger partial charge in [-0.25, -0.2) is 4.98 Å². The van der Waals surface area contributed by atoms with Crippen molar-refractivity contribution in [2.75, 3.05) is 0 Å². The van der Waals surface area contributed by atoms with Crippen LogP contribution in [-0.4, -0.2) is 9.55 Å². The Hall–Kier alpha value is -0.860. The van der Waals surface area contributed by atoms with E-state index in [2.05, 4.69) is 11.9 Å². The van der Waals surface area contributed by atoms with Gasteiger partial charge < -0.3 is 4.57 Å². The number of aryl methyl sites for hydroxylation is 2. The van der Waals surface area contributed by atoms with Crippen molar-refractivity contribution in [3.63, 3.8) is 0 Å². The second kappa shape index (κ2) is 4.24. The van der Waals surface area contributed by atoms with Gasteiger partial charge in [-0.2, -0.15) is 4.39 Å². The molecular formula is C9H15FN2. The molecule has 0 saturated carbocycles. The van der Waals surface area contributed by atoms with Crippen molar-refractivity contribution >= 4 is 0 Å². The Morgan fingerprint density at radius 1 is 1.50 bits per heavy atom. The second-order valence-corrected chi connectivity index (χ2v) is 3.02. The summed E-state index contributed by atoms with van der Waals surface area (Å²) in [7, 11) is 0. The van der Waals surface area contributed by atoms with E-state index in [9.17, 15) is 4.39 Å². The third kappa shape index (κ3) is 2.06. The van der Waals surface area contributed by atoms with Crippen molar-refractivity contribution in [3.8, 4) is 0 Å². The first-order valence-corrected chi connectivity index (χ1v) is 4.43. The fourth-order valence-corrected chi connectivity index (χ4v) is 1.16. The lowest BCUT2D eigenvalue weighted by atomic mass is 10.2. The van der Waals surface area contributed by atoms with Gasteiger partial charge in [0, 0.05) is 6.54 Å². The van der Waals surface area contributed by atoms with Crippen LogP contribution < -0.4 is 0 Å². The molecule has 1 aromatic heterocycles. The molecule has 1 heterocycles. The standard InChI is InChI=1S/C9H15FN2/c1-3-4-5-6-12-7-11-8(2)9(12)10/h7H,3-6H2,1-2H3. The zero-order chi connectivity index (χ0) is 8.97. The third-order valence-corrected chi connectivity index (χ3v) is 1.94. The molecule has 1 rings (SSSR count). The van der Waals surface area contributed by atoms with Crippen LogP contribution in [0.4, 0.5) is 4.39 Å². The number of hydrogen-bond acceptors (Lipinski definition) is 1. The molecular weight excluding hydrogens is 155 g/mol. The highest BCUT2D eigenvalue weighted by Gasteiger charge is 2.04. The van der Waals surface area contributed by atoms with E-state index in [-0.39, 0.29) is 5.95 Å². The van der Waals surface area contributed by atoms with E-state index in [1.807, 2.05) is 0 Å². The van der Waals surface area contributed by atoms with Crippen LogP contribution in [0.15, 0.2) is 6.33 Å². The molecule has 12 heavy (non-hydrogen) atoms. The van der Waals surface area contributed by atoms with Crippen LogP contribution in [0.5, 0.6) is 0 Å².